The van der Waals surface area contributed by atoms with Crippen LogP contribution in [-0.4, -0.2) is 34.8 Å². The van der Waals surface area contributed by atoms with Crippen LogP contribution in [0.5, 0.6) is 0 Å². The van der Waals surface area contributed by atoms with Crippen molar-refractivity contribution in [1.29, 1.82) is 0 Å². The summed E-state index contributed by atoms with van der Waals surface area (Å²) in [6.07, 6.45) is 4.86. The predicted octanol–water partition coefficient (Wildman–Crippen LogP) is 1.70. The second-order valence-corrected chi connectivity index (χ2v) is 6.71. The highest BCUT2D eigenvalue weighted by molar-refractivity contribution is 5.98. The summed E-state index contributed by atoms with van der Waals surface area (Å²) >= 11 is 0. The van der Waals surface area contributed by atoms with E-state index in [0.717, 1.165) is 30.8 Å². The molecule has 1 saturated heterocycles. The Morgan fingerprint density at radius 1 is 1.30 bits per heavy atom. The number of amides is 1. The molecule has 1 N–H and O–H groups in total. The number of rotatable bonds is 2. The van der Waals surface area contributed by atoms with Gasteiger partial charge in [-0.25, -0.2) is 0 Å². The molecule has 2 aromatic rings. The average molecular weight is 310 g/mol. The van der Waals surface area contributed by atoms with Crippen molar-refractivity contribution in [3.05, 3.63) is 47.8 Å². The zero-order chi connectivity index (χ0) is 16.0. The number of nitrogens with zero attached hydrogens (tertiary/aromatic N) is 3. The first-order chi connectivity index (χ1) is 11.1. The second kappa shape index (κ2) is 5.49. The number of benzene rings is 1. The molecule has 3 atom stereocenters. The quantitative estimate of drug-likeness (QED) is 0.918. The lowest BCUT2D eigenvalue weighted by molar-refractivity contribution is -0.122. The summed E-state index contributed by atoms with van der Waals surface area (Å²) < 4.78 is 1.81. The van der Waals surface area contributed by atoms with Gasteiger partial charge in [0, 0.05) is 44.0 Å². The van der Waals surface area contributed by atoms with Crippen LogP contribution in [-0.2, 0) is 18.3 Å². The van der Waals surface area contributed by atoms with E-state index in [1.54, 1.807) is 0 Å². The van der Waals surface area contributed by atoms with Crippen LogP contribution >= 0.6 is 0 Å². The van der Waals surface area contributed by atoms with Crippen molar-refractivity contribution >= 4 is 11.6 Å². The molecule has 1 fully saturated rings. The minimum Gasteiger partial charge on any atom is -0.315 e. The molecular formula is C18H22N4O. The van der Waals surface area contributed by atoms with Crippen molar-refractivity contribution < 1.29 is 4.79 Å². The van der Waals surface area contributed by atoms with Crippen molar-refractivity contribution in [1.82, 2.24) is 15.1 Å². The Kier molecular flexibility index (Phi) is 3.45. The Morgan fingerprint density at radius 3 is 2.91 bits per heavy atom. The summed E-state index contributed by atoms with van der Waals surface area (Å²) in [5, 5.41) is 7.66. The number of nitrogens with one attached hydrogen (secondary N) is 1. The highest BCUT2D eigenvalue weighted by Gasteiger charge is 2.41. The molecule has 1 amide bonds. The summed E-state index contributed by atoms with van der Waals surface area (Å²) in [5.41, 5.74) is 3.51. The Bertz CT molecular complexity index is 738. The van der Waals surface area contributed by atoms with Crippen molar-refractivity contribution in [2.75, 3.05) is 18.0 Å². The number of hydrogen-bond acceptors (Lipinski definition) is 3. The third kappa shape index (κ3) is 2.36. The summed E-state index contributed by atoms with van der Waals surface area (Å²) in [4.78, 5) is 15.3. The normalized spacial score (nSPS) is 26.5. The van der Waals surface area contributed by atoms with Gasteiger partial charge in [-0.3, -0.25) is 9.48 Å². The molecule has 0 radical (unpaired) electrons. The van der Waals surface area contributed by atoms with Gasteiger partial charge in [-0.2, -0.15) is 5.10 Å². The van der Waals surface area contributed by atoms with Crippen LogP contribution in [0.25, 0.3) is 0 Å². The molecule has 0 bridgehead atoms. The van der Waals surface area contributed by atoms with E-state index in [4.69, 9.17) is 0 Å². The molecule has 0 aliphatic carbocycles. The van der Waals surface area contributed by atoms with E-state index in [1.807, 2.05) is 35.1 Å². The average Bonchev–Trinajstić information content (AvgIpc) is 3.23. The maximum absolute atomic E-state index is 13.3. The number of anilines is 1. The van der Waals surface area contributed by atoms with Gasteiger partial charge in [0.2, 0.25) is 5.91 Å². The number of para-hydroxylation sites is 1. The Labute approximate surface area is 136 Å². The molecule has 1 aromatic heterocycles. The van der Waals surface area contributed by atoms with Crippen LogP contribution in [0.1, 0.15) is 24.0 Å². The fraction of sp³-hybridized carbons (Fsp3) is 0.444. The van der Waals surface area contributed by atoms with E-state index in [0.29, 0.717) is 0 Å². The molecule has 4 rings (SSSR count). The smallest absolute Gasteiger partial charge is 0.232 e. The molecule has 2 aliphatic heterocycles. The van der Waals surface area contributed by atoms with Crippen LogP contribution in [0.2, 0.25) is 0 Å². The van der Waals surface area contributed by atoms with Gasteiger partial charge in [0.1, 0.15) is 0 Å². The highest BCUT2D eigenvalue weighted by atomic mass is 16.2. The number of carbonyl (C=O) groups excluding carboxylic acids is 1. The second-order valence-electron chi connectivity index (χ2n) is 6.71. The molecular weight excluding hydrogens is 288 g/mol. The van der Waals surface area contributed by atoms with Gasteiger partial charge >= 0.3 is 0 Å². The molecule has 3 heterocycles. The minimum absolute atomic E-state index is 0.0205. The number of hydrogen-bond donors (Lipinski definition) is 1. The van der Waals surface area contributed by atoms with Crippen molar-refractivity contribution in [2.45, 2.75) is 25.3 Å². The van der Waals surface area contributed by atoms with Gasteiger partial charge < -0.3 is 10.2 Å². The molecule has 0 spiro atoms. The monoisotopic (exact) mass is 310 g/mol. The van der Waals surface area contributed by atoms with Crippen LogP contribution in [0, 0.1) is 5.92 Å². The van der Waals surface area contributed by atoms with Crippen LogP contribution in [0.15, 0.2) is 36.7 Å². The van der Waals surface area contributed by atoms with Crippen LogP contribution < -0.4 is 10.2 Å². The number of carbonyl (C=O) groups is 1. The Hall–Kier alpha value is -2.14. The van der Waals surface area contributed by atoms with Crippen LogP contribution in [0.3, 0.4) is 0 Å². The topological polar surface area (TPSA) is 50.2 Å². The lowest BCUT2D eigenvalue weighted by Gasteiger charge is -2.28. The first kappa shape index (κ1) is 14.5. The number of fused-ring (bicyclic) bond motifs is 1. The predicted molar refractivity (Wildman–Crippen MR) is 89.4 cm³/mol. The Balaban J connectivity index is 1.63. The fourth-order valence-electron chi connectivity index (χ4n) is 4.00. The molecule has 5 nitrogen and oxygen atoms in total. The van der Waals surface area contributed by atoms with Crippen molar-refractivity contribution in [3.8, 4) is 0 Å². The van der Waals surface area contributed by atoms with Crippen LogP contribution in [0.4, 0.5) is 5.69 Å². The summed E-state index contributed by atoms with van der Waals surface area (Å²) in [6, 6.07) is 8.50. The van der Waals surface area contributed by atoms with Gasteiger partial charge in [0.15, 0.2) is 0 Å². The standard InChI is InChI=1S/C18H22N4O/c1-12-7-13-5-3-4-6-17(13)22(12)18(23)16-10-19-9-15(16)14-8-20-21(2)11-14/h3-6,8,11-12,15-16,19H,7,9-10H2,1-2H3/t12?,15-,16+/m1/s1. The Morgan fingerprint density at radius 2 is 2.13 bits per heavy atom. The summed E-state index contributed by atoms with van der Waals surface area (Å²) in [6.45, 7) is 3.72. The zero-order valence-corrected chi connectivity index (χ0v) is 13.6. The molecule has 5 heteroatoms. The van der Waals surface area contributed by atoms with E-state index in [1.165, 1.54) is 5.56 Å². The molecule has 120 valence electrons. The molecule has 0 saturated carbocycles. The van der Waals surface area contributed by atoms with E-state index in [9.17, 15) is 4.79 Å². The third-order valence-electron chi connectivity index (χ3n) is 5.13. The number of aryl methyl sites for hydroxylation is 1. The third-order valence-corrected chi connectivity index (χ3v) is 5.13. The van der Waals surface area contributed by atoms with E-state index in [2.05, 4.69) is 35.5 Å². The van der Waals surface area contributed by atoms with Gasteiger partial charge in [0.25, 0.3) is 0 Å². The first-order valence-electron chi connectivity index (χ1n) is 8.25. The molecule has 2 aliphatic rings. The lowest BCUT2D eigenvalue weighted by Crippen LogP contribution is -2.42. The van der Waals surface area contributed by atoms with Gasteiger partial charge in [-0.05, 0) is 30.5 Å². The van der Waals surface area contributed by atoms with Crippen molar-refractivity contribution in [3.63, 3.8) is 0 Å². The van der Waals surface area contributed by atoms with E-state index >= 15 is 0 Å². The molecule has 23 heavy (non-hydrogen) atoms. The summed E-state index contributed by atoms with van der Waals surface area (Å²) in [5.74, 6) is 0.422. The maximum Gasteiger partial charge on any atom is 0.232 e. The van der Waals surface area contributed by atoms with E-state index < -0.39 is 0 Å². The molecule has 1 unspecified atom stereocenters. The van der Waals surface area contributed by atoms with Gasteiger partial charge in [-0.1, -0.05) is 18.2 Å². The first-order valence-corrected chi connectivity index (χ1v) is 8.25. The van der Waals surface area contributed by atoms with E-state index in [-0.39, 0.29) is 23.8 Å². The van der Waals surface area contributed by atoms with Crippen molar-refractivity contribution in [2.24, 2.45) is 13.0 Å². The van der Waals surface area contributed by atoms with Gasteiger partial charge in [-0.15, -0.1) is 0 Å². The summed E-state index contributed by atoms with van der Waals surface area (Å²) in [7, 11) is 1.92. The zero-order valence-electron chi connectivity index (χ0n) is 13.6. The molecule has 1 aromatic carbocycles. The largest absolute Gasteiger partial charge is 0.315 e. The van der Waals surface area contributed by atoms with Gasteiger partial charge in [0.05, 0.1) is 12.1 Å². The minimum atomic E-state index is -0.0205. The lowest BCUT2D eigenvalue weighted by atomic mass is 9.89. The fourth-order valence-corrected chi connectivity index (χ4v) is 4.00. The highest BCUT2D eigenvalue weighted by Crippen LogP contribution is 2.36. The SMILES string of the molecule is CC1Cc2ccccc2N1C(=O)[C@H]1CNC[C@@H]1c1cnn(C)c1. The maximum atomic E-state index is 13.3. The number of aromatic nitrogens is 2.